The lowest BCUT2D eigenvalue weighted by Crippen LogP contribution is -2.52. The molecule has 0 bridgehead atoms. The number of carbonyl (C=O) groups excluding carboxylic acids is 2. The van der Waals surface area contributed by atoms with Gasteiger partial charge in [0.2, 0.25) is 0 Å². The molecule has 3 fully saturated rings. The maximum Gasteiger partial charge on any atom is 0.272 e. The average Bonchev–Trinajstić information content (AvgIpc) is 3.69. The monoisotopic (exact) mass is 434 g/mol. The summed E-state index contributed by atoms with van der Waals surface area (Å²) < 4.78 is 1.72. The number of aromatic amines is 2. The van der Waals surface area contributed by atoms with Crippen LogP contribution in [-0.4, -0.2) is 71.0 Å². The van der Waals surface area contributed by atoms with E-state index in [1.54, 1.807) is 28.2 Å². The molecule has 2 saturated carbocycles. The van der Waals surface area contributed by atoms with E-state index in [-0.39, 0.29) is 17.9 Å². The molecule has 0 radical (unpaired) electrons. The van der Waals surface area contributed by atoms with Gasteiger partial charge in [-0.3, -0.25) is 14.3 Å². The smallest absolute Gasteiger partial charge is 0.272 e. The Morgan fingerprint density at radius 3 is 2.09 bits per heavy atom. The van der Waals surface area contributed by atoms with Gasteiger partial charge in [-0.05, 0) is 25.7 Å². The van der Waals surface area contributed by atoms with E-state index in [1.165, 1.54) is 0 Å². The summed E-state index contributed by atoms with van der Waals surface area (Å²) in [6.07, 6.45) is 11.4. The summed E-state index contributed by atoms with van der Waals surface area (Å²) in [6.45, 7) is 1.30. The van der Waals surface area contributed by atoms with Crippen molar-refractivity contribution >= 4 is 11.8 Å². The molecule has 3 aliphatic rings. The minimum atomic E-state index is -0.285. The van der Waals surface area contributed by atoms with Gasteiger partial charge in [0.15, 0.2) is 0 Å². The maximum absolute atomic E-state index is 13.4. The van der Waals surface area contributed by atoms with Crippen LogP contribution in [0.4, 0.5) is 0 Å². The zero-order valence-electron chi connectivity index (χ0n) is 18.0. The van der Waals surface area contributed by atoms with Crippen LogP contribution in [0.3, 0.4) is 0 Å². The highest BCUT2D eigenvalue weighted by atomic mass is 16.2. The molecular weight excluding hydrogens is 408 g/mol. The summed E-state index contributed by atoms with van der Waals surface area (Å²) in [5.41, 5.74) is 1.92. The first-order chi connectivity index (χ1) is 15.6. The summed E-state index contributed by atoms with van der Waals surface area (Å²) in [7, 11) is 1.85. The largest absolute Gasteiger partial charge is 0.338 e. The minimum Gasteiger partial charge on any atom is -0.338 e. The van der Waals surface area contributed by atoms with Crippen LogP contribution in [0.25, 0.3) is 0 Å². The van der Waals surface area contributed by atoms with Crippen LogP contribution < -0.4 is 0 Å². The second-order valence-electron chi connectivity index (χ2n) is 9.13. The van der Waals surface area contributed by atoms with Gasteiger partial charge in [-0.2, -0.15) is 5.10 Å². The van der Waals surface area contributed by atoms with Crippen LogP contribution in [0.2, 0.25) is 0 Å². The van der Waals surface area contributed by atoms with Gasteiger partial charge in [-0.1, -0.05) is 0 Å². The average molecular weight is 435 g/mol. The van der Waals surface area contributed by atoms with Crippen LogP contribution in [0, 0.1) is 0 Å². The Balaban J connectivity index is 1.24. The third-order valence-electron chi connectivity index (χ3n) is 6.62. The van der Waals surface area contributed by atoms with Crippen LogP contribution in [0.1, 0.15) is 81.8 Å². The number of hydrogen-bond acceptors (Lipinski definition) is 5. The van der Waals surface area contributed by atoms with Crippen LogP contribution in [-0.2, 0) is 7.05 Å². The molecule has 0 aromatic carbocycles. The van der Waals surface area contributed by atoms with E-state index >= 15 is 0 Å². The summed E-state index contributed by atoms with van der Waals surface area (Å²) in [4.78, 5) is 45.4. The SMILES string of the molecule is Cn1cc(C2CN(C(=O)c3cnc(C4CC4)[nH]3)CCN2C(=O)c2cnc(C3CC3)[nH]2)cn1. The summed E-state index contributed by atoms with van der Waals surface area (Å²) >= 11 is 0. The first-order valence-electron chi connectivity index (χ1n) is 11.3. The van der Waals surface area contributed by atoms with Gasteiger partial charge in [-0.15, -0.1) is 0 Å². The molecule has 2 amide bonds. The molecule has 3 aromatic heterocycles. The molecule has 0 spiro atoms. The molecule has 10 nitrogen and oxygen atoms in total. The van der Waals surface area contributed by atoms with Crippen molar-refractivity contribution in [1.29, 1.82) is 0 Å². The summed E-state index contributed by atoms with van der Waals surface area (Å²) in [5.74, 6) is 2.53. The number of hydrogen-bond donors (Lipinski definition) is 2. The molecule has 1 unspecified atom stereocenters. The number of rotatable bonds is 5. The number of aromatic nitrogens is 6. The predicted octanol–water partition coefficient (Wildman–Crippen LogP) is 1.96. The Bertz CT molecular complexity index is 1170. The first-order valence-corrected chi connectivity index (χ1v) is 11.3. The highest BCUT2D eigenvalue weighted by molar-refractivity contribution is 5.94. The molecule has 1 saturated heterocycles. The molecule has 4 heterocycles. The number of aryl methyl sites for hydroxylation is 1. The number of nitrogens with zero attached hydrogens (tertiary/aromatic N) is 6. The molecule has 1 atom stereocenters. The van der Waals surface area contributed by atoms with E-state index in [2.05, 4.69) is 25.0 Å². The fourth-order valence-corrected chi connectivity index (χ4v) is 4.45. The molecule has 2 aliphatic carbocycles. The second kappa shape index (κ2) is 7.32. The lowest BCUT2D eigenvalue weighted by Gasteiger charge is -2.40. The topological polar surface area (TPSA) is 116 Å². The third-order valence-corrected chi connectivity index (χ3v) is 6.62. The Morgan fingerprint density at radius 2 is 1.53 bits per heavy atom. The first kappa shape index (κ1) is 19.3. The normalized spacial score (nSPS) is 21.2. The van der Waals surface area contributed by atoms with Crippen molar-refractivity contribution in [2.45, 2.75) is 43.6 Å². The van der Waals surface area contributed by atoms with Crippen molar-refractivity contribution < 1.29 is 9.59 Å². The summed E-state index contributed by atoms with van der Waals surface area (Å²) in [5, 5.41) is 4.29. The third kappa shape index (κ3) is 3.49. The number of imidazole rings is 2. The molecule has 1 aliphatic heterocycles. The Hall–Kier alpha value is -3.43. The lowest BCUT2D eigenvalue weighted by molar-refractivity contribution is 0.0377. The fourth-order valence-electron chi connectivity index (χ4n) is 4.45. The Morgan fingerprint density at radius 1 is 0.906 bits per heavy atom. The van der Waals surface area contributed by atoms with E-state index in [1.807, 2.05) is 18.1 Å². The summed E-state index contributed by atoms with van der Waals surface area (Å²) in [6, 6.07) is -0.285. The molecule has 6 rings (SSSR count). The van der Waals surface area contributed by atoms with E-state index in [4.69, 9.17) is 0 Å². The van der Waals surface area contributed by atoms with E-state index in [0.29, 0.717) is 42.9 Å². The molecule has 10 heteroatoms. The number of nitrogens with one attached hydrogen (secondary N) is 2. The highest BCUT2D eigenvalue weighted by Crippen LogP contribution is 2.39. The van der Waals surface area contributed by atoms with Crippen LogP contribution in [0.5, 0.6) is 0 Å². The zero-order valence-corrected chi connectivity index (χ0v) is 18.0. The number of H-pyrrole nitrogens is 2. The van der Waals surface area contributed by atoms with Gasteiger partial charge in [0.05, 0.1) is 24.6 Å². The quantitative estimate of drug-likeness (QED) is 0.637. The Labute approximate surface area is 185 Å². The molecular formula is C22H26N8O2. The van der Waals surface area contributed by atoms with E-state index in [0.717, 1.165) is 42.9 Å². The van der Waals surface area contributed by atoms with Crippen molar-refractivity contribution in [3.8, 4) is 0 Å². The molecule has 166 valence electrons. The van der Waals surface area contributed by atoms with Gasteiger partial charge in [0.1, 0.15) is 23.0 Å². The van der Waals surface area contributed by atoms with Crippen LogP contribution >= 0.6 is 0 Å². The van der Waals surface area contributed by atoms with E-state index < -0.39 is 0 Å². The van der Waals surface area contributed by atoms with Gasteiger partial charge >= 0.3 is 0 Å². The fraction of sp³-hybridized carbons (Fsp3) is 0.500. The number of amides is 2. The maximum atomic E-state index is 13.4. The van der Waals surface area contributed by atoms with Crippen molar-refractivity contribution in [2.24, 2.45) is 7.05 Å². The van der Waals surface area contributed by atoms with Gasteiger partial charge in [0.25, 0.3) is 11.8 Å². The predicted molar refractivity (Wildman–Crippen MR) is 114 cm³/mol. The van der Waals surface area contributed by atoms with Gasteiger partial charge in [0, 0.05) is 50.3 Å². The molecule has 3 aromatic rings. The van der Waals surface area contributed by atoms with Gasteiger partial charge < -0.3 is 19.8 Å². The van der Waals surface area contributed by atoms with Crippen LogP contribution in [0.15, 0.2) is 24.8 Å². The Kier molecular flexibility index (Phi) is 4.41. The lowest BCUT2D eigenvalue weighted by atomic mass is 10.0. The van der Waals surface area contributed by atoms with Crippen molar-refractivity contribution in [1.82, 2.24) is 39.5 Å². The number of carbonyl (C=O) groups is 2. The van der Waals surface area contributed by atoms with Crippen molar-refractivity contribution in [3.05, 3.63) is 53.4 Å². The zero-order chi connectivity index (χ0) is 21.8. The minimum absolute atomic E-state index is 0.0806. The highest BCUT2D eigenvalue weighted by Gasteiger charge is 2.37. The molecule has 32 heavy (non-hydrogen) atoms. The van der Waals surface area contributed by atoms with E-state index in [9.17, 15) is 9.59 Å². The van der Waals surface area contributed by atoms with Crippen molar-refractivity contribution in [3.63, 3.8) is 0 Å². The second-order valence-corrected chi connectivity index (χ2v) is 9.13. The molecule has 2 N–H and O–H groups in total. The standard InChI is InChI=1S/C22H26N8O2/c1-28-11-15(8-25-28)18-12-29(21(31)16-9-23-19(26-16)13-2-3-13)6-7-30(18)22(32)17-10-24-20(27-17)14-4-5-14/h8-11,13-14,18H,2-7,12H2,1H3,(H,23,26)(H,24,27). The number of piperazine rings is 1. The van der Waals surface area contributed by atoms with Gasteiger partial charge in [-0.25, -0.2) is 9.97 Å². The van der Waals surface area contributed by atoms with Crippen molar-refractivity contribution in [2.75, 3.05) is 19.6 Å².